The van der Waals surface area contributed by atoms with Crippen LogP contribution in [0.15, 0.2) is 22.1 Å². The first-order valence-electron chi connectivity index (χ1n) is 4.20. The van der Waals surface area contributed by atoms with E-state index in [0.717, 1.165) is 15.2 Å². The van der Waals surface area contributed by atoms with Gasteiger partial charge in [-0.3, -0.25) is 0 Å². The summed E-state index contributed by atoms with van der Waals surface area (Å²) >= 11 is 2.95. The van der Waals surface area contributed by atoms with Crippen LogP contribution in [0.3, 0.4) is 0 Å². The number of hydrogen-bond donors (Lipinski definition) is 0. The van der Waals surface area contributed by atoms with Crippen LogP contribution < -0.4 is 49.6 Å². The summed E-state index contributed by atoms with van der Waals surface area (Å²) in [4.78, 5) is 0. The predicted octanol–water partition coefficient (Wildman–Crippen LogP) is -9.04. The molecule has 0 N–H and O–H groups in total. The molecule has 0 nitrogen and oxygen atoms in total. The summed E-state index contributed by atoms with van der Waals surface area (Å²) in [5, 5.41) is 2.85. The van der Waals surface area contributed by atoms with Crippen molar-refractivity contribution in [2.24, 2.45) is 0 Å². The molecule has 1 aliphatic rings. The monoisotopic (exact) mass is 338 g/mol. The first-order chi connectivity index (χ1) is 5.31. The maximum atomic E-state index is 2.25. The third-order valence-corrected chi connectivity index (χ3v) is 3.08. The average Bonchev–Trinajstić information content (AvgIpc) is 2.43. The Kier molecular flexibility index (Phi) is 50.1. The van der Waals surface area contributed by atoms with Crippen LogP contribution >= 0.6 is 0 Å². The minimum absolute atomic E-state index is 0. The Morgan fingerprint density at radius 1 is 1.13 bits per heavy atom. The Morgan fingerprint density at radius 3 is 1.67 bits per heavy atom. The summed E-state index contributed by atoms with van der Waals surface area (Å²) in [5.74, 6) is 0. The van der Waals surface area contributed by atoms with E-state index in [9.17, 15) is 0 Å². The molecule has 0 saturated carbocycles. The van der Waals surface area contributed by atoms with Crippen molar-refractivity contribution in [1.82, 2.24) is 0 Å². The quantitative estimate of drug-likeness (QED) is 0.438. The van der Waals surface area contributed by atoms with Gasteiger partial charge in [-0.15, -0.1) is 0 Å². The molecule has 0 spiro atoms. The topological polar surface area (TPSA) is 0 Å². The van der Waals surface area contributed by atoms with Crippen molar-refractivity contribution in [3.8, 4) is 0 Å². The fraction of sp³-hybridized carbons (Fsp3) is 0.556. The van der Waals surface area contributed by atoms with Crippen LogP contribution in [0.25, 0.3) is 0 Å². The van der Waals surface area contributed by atoms with Crippen molar-refractivity contribution in [2.75, 3.05) is 0 Å². The van der Waals surface area contributed by atoms with Crippen molar-refractivity contribution < 1.29 is 70.1 Å². The summed E-state index contributed by atoms with van der Waals surface area (Å²) in [6.07, 6.45) is 7.56. The molecule has 0 saturated heterocycles. The second-order valence-corrected chi connectivity index (χ2v) is 5.64. The van der Waals surface area contributed by atoms with Gasteiger partial charge in [0.05, 0.1) is 0 Å². The van der Waals surface area contributed by atoms with E-state index in [1.54, 1.807) is 0 Å². The summed E-state index contributed by atoms with van der Waals surface area (Å²) in [7, 11) is 0. The van der Waals surface area contributed by atoms with E-state index in [-0.39, 0.29) is 49.6 Å². The van der Waals surface area contributed by atoms with E-state index >= 15 is 0 Å². The van der Waals surface area contributed by atoms with Crippen molar-refractivity contribution in [3.63, 3.8) is 0 Å². The zero-order chi connectivity index (χ0) is 8.53. The molecule has 1 rings (SSSR count). The van der Waals surface area contributed by atoms with Crippen LogP contribution in [0.2, 0.25) is 10.6 Å². The van der Waals surface area contributed by atoms with E-state index in [4.69, 9.17) is 0 Å². The Balaban J connectivity index is -0.0000000356. The Labute approximate surface area is 137 Å². The first kappa shape index (κ1) is 30.2. The summed E-state index contributed by atoms with van der Waals surface area (Å²) in [6, 6.07) is 0. The van der Waals surface area contributed by atoms with E-state index in [0.29, 0.717) is 0 Å². The van der Waals surface area contributed by atoms with Gasteiger partial charge in [-0.1, -0.05) is 0 Å². The molecule has 0 unspecified atom stereocenters. The van der Waals surface area contributed by atoms with Crippen molar-refractivity contribution in [3.05, 3.63) is 22.1 Å². The second kappa shape index (κ2) is 24.9. The molecule has 0 radical (unpaired) electrons. The zero-order valence-electron chi connectivity index (χ0n) is 8.94. The fourth-order valence-corrected chi connectivity index (χ4v) is 1.65. The summed E-state index contributed by atoms with van der Waals surface area (Å²) < 4.78 is 1.47. The second-order valence-electron chi connectivity index (χ2n) is 2.43. The Bertz CT molecular complexity index is 149. The molecule has 6 heteroatoms. The summed E-state index contributed by atoms with van der Waals surface area (Å²) in [6.45, 7) is 4.50. The average molecular weight is 340 g/mol. The maximum absolute atomic E-state index is 2.25. The normalized spacial score (nSPS) is 9.73. The van der Waals surface area contributed by atoms with Gasteiger partial charge in [0.25, 0.3) is 0 Å². The van der Waals surface area contributed by atoms with E-state index in [1.807, 2.05) is 0 Å². The SMILES string of the molecule is C[CH2][Al+][CH2]C.[Cl-].[Cl-].[Cl-].[Cl-].[Ti+3][C]1=CC=CC1. The van der Waals surface area contributed by atoms with Crippen LogP contribution in [0.4, 0.5) is 0 Å². The number of allylic oxidation sites excluding steroid dienone is 4. The molecule has 0 aliphatic heterocycles. The molecular weight excluding hydrogens is 325 g/mol. The van der Waals surface area contributed by atoms with Gasteiger partial charge >= 0.3 is 88.6 Å². The van der Waals surface area contributed by atoms with Gasteiger partial charge in [0, 0.05) is 0 Å². The van der Waals surface area contributed by atoms with Crippen LogP contribution in [0, 0.1) is 0 Å². The number of hydrogen-bond acceptors (Lipinski definition) is 0. The van der Waals surface area contributed by atoms with E-state index < -0.39 is 0 Å². The molecule has 15 heavy (non-hydrogen) atoms. The third kappa shape index (κ3) is 25.8. The third-order valence-electron chi connectivity index (χ3n) is 1.35. The van der Waals surface area contributed by atoms with Crippen molar-refractivity contribution in [1.29, 1.82) is 0 Å². The van der Waals surface area contributed by atoms with Gasteiger partial charge in [-0.2, -0.15) is 0 Å². The van der Waals surface area contributed by atoms with Gasteiger partial charge in [0.2, 0.25) is 0 Å². The standard InChI is InChI=1S/C5H5.2C2H5.Al.4ClH.Ti/c1-2-4-5-3-1;2*1-2;;;;;;/h1-3H,4H2;2*1H2,2H3;;4*1H;/q;;;+1;;;;;+3/p-4. The van der Waals surface area contributed by atoms with Gasteiger partial charge in [-0.05, 0) is 0 Å². The first-order valence-corrected chi connectivity index (χ1v) is 6.61. The molecule has 0 bridgehead atoms. The fourth-order valence-electron chi connectivity index (χ4n) is 0.736. The molecule has 0 atom stereocenters. The van der Waals surface area contributed by atoms with Crippen LogP contribution in [-0.4, -0.2) is 15.2 Å². The van der Waals surface area contributed by atoms with Gasteiger partial charge in [0.1, 0.15) is 0 Å². The molecule has 86 valence electrons. The van der Waals surface area contributed by atoms with Crippen LogP contribution in [0.1, 0.15) is 20.3 Å². The zero-order valence-corrected chi connectivity index (χ0v) is 14.7. The molecular formula is C9H15AlCl4Ti. The predicted molar refractivity (Wildman–Crippen MR) is 48.6 cm³/mol. The molecule has 0 heterocycles. The number of halogens is 4. The van der Waals surface area contributed by atoms with Gasteiger partial charge < -0.3 is 49.6 Å². The Morgan fingerprint density at radius 2 is 1.60 bits per heavy atom. The Hall–Kier alpha value is 1.89. The minimum atomic E-state index is 0. The molecule has 0 fully saturated rings. The van der Waals surface area contributed by atoms with Crippen LogP contribution in [-0.2, 0) is 20.4 Å². The van der Waals surface area contributed by atoms with Crippen molar-refractivity contribution in [2.45, 2.75) is 30.8 Å². The molecule has 0 aromatic carbocycles. The van der Waals surface area contributed by atoms with E-state index in [2.05, 4.69) is 52.5 Å². The van der Waals surface area contributed by atoms with Gasteiger partial charge in [-0.25, -0.2) is 0 Å². The van der Waals surface area contributed by atoms with Crippen LogP contribution in [0.5, 0.6) is 0 Å². The number of rotatable bonds is 2. The van der Waals surface area contributed by atoms with Gasteiger partial charge in [0.15, 0.2) is 0 Å². The van der Waals surface area contributed by atoms with Crippen molar-refractivity contribution >= 4 is 15.2 Å². The molecule has 0 amide bonds. The molecule has 0 aromatic rings. The molecule has 1 aliphatic carbocycles. The van der Waals surface area contributed by atoms with E-state index in [1.165, 1.54) is 20.9 Å². The summed E-state index contributed by atoms with van der Waals surface area (Å²) in [5.41, 5.74) is 0. The molecule has 0 aromatic heterocycles.